The summed E-state index contributed by atoms with van der Waals surface area (Å²) in [5.74, 6) is -1.08. The van der Waals surface area contributed by atoms with Gasteiger partial charge in [-0.05, 0) is 44.2 Å². The molecule has 0 spiro atoms. The van der Waals surface area contributed by atoms with Crippen LogP contribution in [0.3, 0.4) is 0 Å². The number of benzene rings is 2. The van der Waals surface area contributed by atoms with E-state index in [-0.39, 0.29) is 17.9 Å². The lowest BCUT2D eigenvalue weighted by atomic mass is 10.1. The Labute approximate surface area is 173 Å². The number of anilines is 2. The minimum absolute atomic E-state index is 0.0789. The summed E-state index contributed by atoms with van der Waals surface area (Å²) in [6.07, 6.45) is -0.494. The van der Waals surface area contributed by atoms with E-state index in [2.05, 4.69) is 10.6 Å². The number of nitro groups is 1. The van der Waals surface area contributed by atoms with Gasteiger partial charge in [0.2, 0.25) is 5.91 Å². The molecule has 0 aliphatic carbocycles. The third kappa shape index (κ3) is 5.77. The first-order valence-electron chi connectivity index (χ1n) is 9.09. The molecule has 2 aromatic carbocycles. The number of nitrogens with one attached hydrogen (secondary N) is 2. The smallest absolute Gasteiger partial charge is 0.413 e. The number of carbonyl (C=O) groups excluding carboxylic acids is 3. The zero-order chi connectivity index (χ0) is 22.3. The molecule has 0 aliphatic heterocycles. The summed E-state index contributed by atoms with van der Waals surface area (Å²) < 4.78 is 4.92. The van der Waals surface area contributed by atoms with Gasteiger partial charge in [0.1, 0.15) is 6.04 Å². The van der Waals surface area contributed by atoms with Gasteiger partial charge < -0.3 is 15.4 Å². The highest BCUT2D eigenvalue weighted by atomic mass is 16.6. The Kier molecular flexibility index (Phi) is 7.45. The standard InChI is InChI=1S/C20H22N4O6/c1-4-30-20(27)23(3)16-10-8-15(9-11-16)22-18(25)13(2)21-19(26)14-6-5-7-17(12-14)24(28)29/h5-13H,4H2,1-3H3,(H,21,26)(H,22,25). The molecule has 0 radical (unpaired) electrons. The van der Waals surface area contributed by atoms with Crippen LogP contribution in [0.25, 0.3) is 0 Å². The first-order chi connectivity index (χ1) is 14.2. The molecule has 30 heavy (non-hydrogen) atoms. The monoisotopic (exact) mass is 414 g/mol. The van der Waals surface area contributed by atoms with Gasteiger partial charge in [-0.15, -0.1) is 0 Å². The minimum Gasteiger partial charge on any atom is -0.449 e. The highest BCUT2D eigenvalue weighted by molar-refractivity contribution is 6.01. The van der Waals surface area contributed by atoms with Crippen molar-refractivity contribution in [3.63, 3.8) is 0 Å². The van der Waals surface area contributed by atoms with E-state index in [1.165, 1.54) is 30.0 Å². The number of rotatable bonds is 7. The second kappa shape index (κ2) is 10.0. The van der Waals surface area contributed by atoms with Gasteiger partial charge in [0.15, 0.2) is 0 Å². The van der Waals surface area contributed by atoms with Crippen molar-refractivity contribution >= 4 is 35.0 Å². The second-order valence-electron chi connectivity index (χ2n) is 6.30. The van der Waals surface area contributed by atoms with Crippen LogP contribution in [0.5, 0.6) is 0 Å². The predicted octanol–water partition coefficient (Wildman–Crippen LogP) is 2.94. The zero-order valence-electron chi connectivity index (χ0n) is 16.7. The summed E-state index contributed by atoms with van der Waals surface area (Å²) in [4.78, 5) is 47.9. The number of non-ortho nitro benzene ring substituents is 1. The fraction of sp³-hybridized carbons (Fsp3) is 0.250. The van der Waals surface area contributed by atoms with Gasteiger partial charge in [-0.1, -0.05) is 6.07 Å². The van der Waals surface area contributed by atoms with Crippen LogP contribution >= 0.6 is 0 Å². The number of nitrogens with zero attached hydrogens (tertiary/aromatic N) is 2. The highest BCUT2D eigenvalue weighted by Gasteiger charge is 2.19. The van der Waals surface area contributed by atoms with E-state index >= 15 is 0 Å². The molecule has 0 fully saturated rings. The van der Waals surface area contributed by atoms with Gasteiger partial charge in [-0.2, -0.15) is 0 Å². The Morgan fingerprint density at radius 1 is 1.17 bits per heavy atom. The molecule has 10 heteroatoms. The van der Waals surface area contributed by atoms with E-state index < -0.39 is 28.9 Å². The lowest BCUT2D eigenvalue weighted by molar-refractivity contribution is -0.384. The number of hydrogen-bond donors (Lipinski definition) is 2. The van der Waals surface area contributed by atoms with Crippen molar-refractivity contribution in [2.45, 2.75) is 19.9 Å². The van der Waals surface area contributed by atoms with Crippen molar-refractivity contribution < 1.29 is 24.0 Å². The topological polar surface area (TPSA) is 131 Å². The normalized spacial score (nSPS) is 11.2. The fourth-order valence-corrected chi connectivity index (χ4v) is 2.45. The molecule has 1 unspecified atom stereocenters. The zero-order valence-corrected chi connectivity index (χ0v) is 16.7. The number of nitro benzene ring substituents is 1. The second-order valence-corrected chi connectivity index (χ2v) is 6.30. The Morgan fingerprint density at radius 3 is 2.43 bits per heavy atom. The van der Waals surface area contributed by atoms with Crippen molar-refractivity contribution in [2.24, 2.45) is 0 Å². The first kappa shape index (κ1) is 22.3. The van der Waals surface area contributed by atoms with Crippen LogP contribution in [0.1, 0.15) is 24.2 Å². The van der Waals surface area contributed by atoms with Gasteiger partial charge in [-0.25, -0.2) is 4.79 Å². The fourth-order valence-electron chi connectivity index (χ4n) is 2.45. The Hall–Kier alpha value is -3.95. The predicted molar refractivity (Wildman–Crippen MR) is 111 cm³/mol. The Bertz CT molecular complexity index is 945. The van der Waals surface area contributed by atoms with Crippen molar-refractivity contribution in [3.8, 4) is 0 Å². The molecular formula is C20H22N4O6. The van der Waals surface area contributed by atoms with Gasteiger partial charge in [0.25, 0.3) is 11.6 Å². The van der Waals surface area contributed by atoms with E-state index in [0.717, 1.165) is 6.07 Å². The van der Waals surface area contributed by atoms with Crippen molar-refractivity contribution in [2.75, 3.05) is 23.9 Å². The van der Waals surface area contributed by atoms with Crippen molar-refractivity contribution in [3.05, 3.63) is 64.2 Å². The van der Waals surface area contributed by atoms with Crippen LogP contribution in [-0.2, 0) is 9.53 Å². The van der Waals surface area contributed by atoms with Crippen LogP contribution in [0.2, 0.25) is 0 Å². The summed E-state index contributed by atoms with van der Waals surface area (Å²) in [7, 11) is 1.57. The molecule has 2 N–H and O–H groups in total. The van der Waals surface area contributed by atoms with Crippen LogP contribution in [0, 0.1) is 10.1 Å². The molecule has 0 heterocycles. The van der Waals surface area contributed by atoms with Gasteiger partial charge in [0.05, 0.1) is 11.5 Å². The maximum absolute atomic E-state index is 12.3. The largest absolute Gasteiger partial charge is 0.449 e. The molecule has 10 nitrogen and oxygen atoms in total. The molecule has 0 saturated carbocycles. The molecule has 0 aliphatic rings. The molecule has 3 amide bonds. The minimum atomic E-state index is -0.890. The highest BCUT2D eigenvalue weighted by Crippen LogP contribution is 2.18. The summed E-state index contributed by atoms with van der Waals surface area (Å²) in [5.41, 5.74) is 0.916. The quantitative estimate of drug-likeness (QED) is 0.529. The van der Waals surface area contributed by atoms with E-state index in [1.807, 2.05) is 0 Å². The number of amides is 3. The molecule has 0 aromatic heterocycles. The molecular weight excluding hydrogens is 392 g/mol. The van der Waals surface area contributed by atoms with E-state index in [1.54, 1.807) is 38.2 Å². The average Bonchev–Trinajstić information content (AvgIpc) is 2.73. The SMILES string of the molecule is CCOC(=O)N(C)c1ccc(NC(=O)C(C)NC(=O)c2cccc([N+](=O)[O-])c2)cc1. The molecule has 1 atom stereocenters. The number of hydrogen-bond acceptors (Lipinski definition) is 6. The van der Waals surface area contributed by atoms with Gasteiger partial charge in [-0.3, -0.25) is 24.6 Å². The maximum Gasteiger partial charge on any atom is 0.413 e. The third-order valence-corrected chi connectivity index (χ3v) is 4.12. The van der Waals surface area contributed by atoms with Crippen molar-refractivity contribution in [1.82, 2.24) is 5.32 Å². The molecule has 2 aromatic rings. The Morgan fingerprint density at radius 2 is 1.83 bits per heavy atom. The first-order valence-corrected chi connectivity index (χ1v) is 9.09. The maximum atomic E-state index is 12.3. The van der Waals surface area contributed by atoms with Gasteiger partial charge in [0, 0.05) is 36.1 Å². The molecule has 0 saturated heterocycles. The molecule has 158 valence electrons. The molecule has 2 rings (SSSR count). The summed E-state index contributed by atoms with van der Waals surface area (Å²) in [6, 6.07) is 10.8. The average molecular weight is 414 g/mol. The van der Waals surface area contributed by atoms with Crippen LogP contribution in [0.4, 0.5) is 21.9 Å². The van der Waals surface area contributed by atoms with Crippen LogP contribution in [-0.4, -0.2) is 42.5 Å². The summed E-state index contributed by atoms with van der Waals surface area (Å²) in [6.45, 7) is 3.47. The molecule has 0 bridgehead atoms. The third-order valence-electron chi connectivity index (χ3n) is 4.12. The van der Waals surface area contributed by atoms with Crippen LogP contribution < -0.4 is 15.5 Å². The lowest BCUT2D eigenvalue weighted by Crippen LogP contribution is -2.41. The van der Waals surface area contributed by atoms with E-state index in [9.17, 15) is 24.5 Å². The van der Waals surface area contributed by atoms with E-state index in [0.29, 0.717) is 11.4 Å². The lowest BCUT2D eigenvalue weighted by Gasteiger charge is -2.17. The number of ether oxygens (including phenoxy) is 1. The van der Waals surface area contributed by atoms with E-state index in [4.69, 9.17) is 4.74 Å². The number of carbonyl (C=O) groups is 3. The summed E-state index contributed by atoms with van der Waals surface area (Å²) >= 11 is 0. The van der Waals surface area contributed by atoms with Crippen molar-refractivity contribution in [1.29, 1.82) is 0 Å². The van der Waals surface area contributed by atoms with Crippen LogP contribution in [0.15, 0.2) is 48.5 Å². The summed E-state index contributed by atoms with van der Waals surface area (Å²) in [5, 5.41) is 16.0. The van der Waals surface area contributed by atoms with Gasteiger partial charge >= 0.3 is 6.09 Å². The Balaban J connectivity index is 1.97.